The summed E-state index contributed by atoms with van der Waals surface area (Å²) in [5.41, 5.74) is -0.686. The highest BCUT2D eigenvalue weighted by Gasteiger charge is 2.42. The van der Waals surface area contributed by atoms with E-state index in [1.807, 2.05) is 0 Å². The average molecular weight is 467 g/mol. The monoisotopic (exact) mass is 466 g/mol. The van der Waals surface area contributed by atoms with Crippen molar-refractivity contribution in [1.29, 1.82) is 0 Å². The maximum Gasteiger partial charge on any atom is 0.347 e. The topological polar surface area (TPSA) is 35.5 Å². The van der Waals surface area contributed by atoms with E-state index in [0.717, 1.165) is 64.2 Å². The maximum atomic E-state index is 15.6. The van der Waals surface area contributed by atoms with E-state index in [1.54, 1.807) is 12.1 Å². The predicted molar refractivity (Wildman–Crippen MR) is 118 cm³/mol. The summed E-state index contributed by atoms with van der Waals surface area (Å²) in [5.74, 6) is -6.10. The molecule has 1 aliphatic rings. The highest BCUT2D eigenvalue weighted by atomic mass is 19.2. The Kier molecular flexibility index (Phi) is 8.75. The fourth-order valence-electron chi connectivity index (χ4n) is 4.48. The zero-order valence-electron chi connectivity index (χ0n) is 18.8. The number of carbonyl (C=O) groups is 1. The molecule has 1 aliphatic carbocycles. The number of ether oxygens (including phenoxy) is 2. The first kappa shape index (κ1) is 25.1. The van der Waals surface area contributed by atoms with Gasteiger partial charge in [0.15, 0.2) is 17.5 Å². The van der Waals surface area contributed by atoms with Gasteiger partial charge in [0.25, 0.3) is 0 Å². The van der Waals surface area contributed by atoms with Crippen LogP contribution >= 0.6 is 0 Å². The summed E-state index contributed by atoms with van der Waals surface area (Å²) in [6.45, 7) is 2.13. The van der Waals surface area contributed by atoms with Gasteiger partial charge in [0.05, 0.1) is 0 Å². The van der Waals surface area contributed by atoms with E-state index in [0.29, 0.717) is 12.1 Å². The molecule has 0 heterocycles. The number of para-hydroxylation sites is 1. The second-order valence-corrected chi connectivity index (χ2v) is 8.75. The van der Waals surface area contributed by atoms with E-state index in [1.165, 1.54) is 12.1 Å². The standard InChI is InChI=1S/C26H30F4O3/c1-2-3-4-8-13-26(14-9-5-10-15-26)25(30)33-22-12-7-6-11-19(22)24(31)32-18-16-20(27)23(29)21(28)17-18/h6-7,11-12,16-17,25H,2-5,8-10,13-15H2,1H3. The lowest BCUT2D eigenvalue weighted by Gasteiger charge is -2.39. The fraction of sp³-hybridized carbons (Fsp3) is 0.500. The maximum absolute atomic E-state index is 15.6. The van der Waals surface area contributed by atoms with Crippen LogP contribution in [0, 0.1) is 22.9 Å². The van der Waals surface area contributed by atoms with Crippen molar-refractivity contribution in [2.75, 3.05) is 0 Å². The van der Waals surface area contributed by atoms with Crippen LogP contribution in [0.2, 0.25) is 0 Å². The van der Waals surface area contributed by atoms with Crippen LogP contribution in [0.25, 0.3) is 0 Å². The Labute approximate surface area is 192 Å². The lowest BCUT2D eigenvalue weighted by molar-refractivity contribution is -0.0796. The number of alkyl halides is 1. The van der Waals surface area contributed by atoms with Crippen LogP contribution in [0.15, 0.2) is 36.4 Å². The highest BCUT2D eigenvalue weighted by molar-refractivity contribution is 5.94. The van der Waals surface area contributed by atoms with Gasteiger partial charge in [-0.2, -0.15) is 0 Å². The van der Waals surface area contributed by atoms with E-state index in [4.69, 9.17) is 9.47 Å². The highest BCUT2D eigenvalue weighted by Crippen LogP contribution is 2.45. The molecule has 180 valence electrons. The first-order valence-electron chi connectivity index (χ1n) is 11.6. The molecule has 0 aliphatic heterocycles. The Hall–Kier alpha value is -2.57. The largest absolute Gasteiger partial charge is 0.459 e. The van der Waals surface area contributed by atoms with Crippen molar-refractivity contribution >= 4 is 5.97 Å². The third-order valence-electron chi connectivity index (χ3n) is 6.36. The van der Waals surface area contributed by atoms with Crippen LogP contribution in [0.4, 0.5) is 17.6 Å². The second kappa shape index (κ2) is 11.5. The number of carbonyl (C=O) groups excluding carboxylic acids is 1. The van der Waals surface area contributed by atoms with Crippen LogP contribution < -0.4 is 9.47 Å². The molecule has 0 bridgehead atoms. The first-order valence-corrected chi connectivity index (χ1v) is 11.6. The molecule has 7 heteroatoms. The quantitative estimate of drug-likeness (QED) is 0.117. The normalized spacial score (nSPS) is 16.3. The Morgan fingerprint density at radius 3 is 2.33 bits per heavy atom. The minimum atomic E-state index is -1.66. The Balaban J connectivity index is 1.76. The molecule has 2 aromatic rings. The van der Waals surface area contributed by atoms with Crippen molar-refractivity contribution in [3.8, 4) is 11.5 Å². The molecule has 1 fully saturated rings. The Bertz CT molecular complexity index is 918. The van der Waals surface area contributed by atoms with Gasteiger partial charge in [0, 0.05) is 17.5 Å². The third kappa shape index (κ3) is 6.27. The zero-order valence-corrected chi connectivity index (χ0v) is 18.8. The van der Waals surface area contributed by atoms with E-state index in [-0.39, 0.29) is 11.3 Å². The number of hydrogen-bond donors (Lipinski definition) is 0. The van der Waals surface area contributed by atoms with Crippen LogP contribution in [-0.4, -0.2) is 12.3 Å². The van der Waals surface area contributed by atoms with Gasteiger partial charge in [-0.3, -0.25) is 0 Å². The third-order valence-corrected chi connectivity index (χ3v) is 6.36. The van der Waals surface area contributed by atoms with Gasteiger partial charge in [0.2, 0.25) is 6.36 Å². The number of unbranched alkanes of at least 4 members (excludes halogenated alkanes) is 3. The molecule has 0 N–H and O–H groups in total. The molecule has 0 spiro atoms. The summed E-state index contributed by atoms with van der Waals surface area (Å²) in [6, 6.07) is 7.14. The van der Waals surface area contributed by atoms with Gasteiger partial charge < -0.3 is 9.47 Å². The number of benzene rings is 2. The molecule has 3 nitrogen and oxygen atoms in total. The van der Waals surface area contributed by atoms with Crippen LogP contribution in [-0.2, 0) is 0 Å². The molecule has 0 radical (unpaired) electrons. The molecule has 0 saturated heterocycles. The molecule has 1 atom stereocenters. The van der Waals surface area contributed by atoms with Gasteiger partial charge >= 0.3 is 5.97 Å². The van der Waals surface area contributed by atoms with Gasteiger partial charge in [0.1, 0.15) is 17.1 Å². The Morgan fingerprint density at radius 1 is 1.00 bits per heavy atom. The summed E-state index contributed by atoms with van der Waals surface area (Å²) in [5, 5.41) is 0. The summed E-state index contributed by atoms with van der Waals surface area (Å²) in [6.07, 6.45) is 7.66. The number of esters is 1. The van der Waals surface area contributed by atoms with Crippen molar-refractivity contribution < 1.29 is 31.8 Å². The molecule has 1 unspecified atom stereocenters. The van der Waals surface area contributed by atoms with E-state index in [2.05, 4.69) is 6.92 Å². The van der Waals surface area contributed by atoms with Crippen molar-refractivity contribution in [3.05, 3.63) is 59.4 Å². The minimum absolute atomic E-state index is 0.00318. The molecule has 2 aromatic carbocycles. The molecular weight excluding hydrogens is 436 g/mol. The van der Waals surface area contributed by atoms with E-state index in [9.17, 15) is 18.0 Å². The van der Waals surface area contributed by atoms with Gasteiger partial charge in [-0.15, -0.1) is 0 Å². The molecule has 3 rings (SSSR count). The van der Waals surface area contributed by atoms with E-state index >= 15 is 4.39 Å². The fourth-order valence-corrected chi connectivity index (χ4v) is 4.48. The first-order chi connectivity index (χ1) is 15.9. The summed E-state index contributed by atoms with van der Waals surface area (Å²) in [4.78, 5) is 12.7. The SMILES string of the molecule is CCCCCCC1(C(F)Oc2ccccc2C(=O)Oc2cc(F)c(F)c(F)c2)CCCCC1. The summed E-state index contributed by atoms with van der Waals surface area (Å²) in [7, 11) is 0. The van der Waals surface area contributed by atoms with Gasteiger partial charge in [-0.25, -0.2) is 22.4 Å². The van der Waals surface area contributed by atoms with Gasteiger partial charge in [-0.1, -0.05) is 64.0 Å². The molecule has 1 saturated carbocycles. The van der Waals surface area contributed by atoms with Crippen molar-refractivity contribution in [2.24, 2.45) is 5.41 Å². The average Bonchev–Trinajstić information content (AvgIpc) is 2.81. The summed E-state index contributed by atoms with van der Waals surface area (Å²) >= 11 is 0. The van der Waals surface area contributed by atoms with Crippen molar-refractivity contribution in [2.45, 2.75) is 77.5 Å². The molecule has 0 amide bonds. The summed E-state index contributed by atoms with van der Waals surface area (Å²) < 4.78 is 66.4. The number of halogens is 4. The lowest BCUT2D eigenvalue weighted by Crippen LogP contribution is -2.38. The number of hydrogen-bond acceptors (Lipinski definition) is 3. The van der Waals surface area contributed by atoms with Gasteiger partial charge in [-0.05, 0) is 31.4 Å². The van der Waals surface area contributed by atoms with Crippen molar-refractivity contribution in [1.82, 2.24) is 0 Å². The van der Waals surface area contributed by atoms with Crippen molar-refractivity contribution in [3.63, 3.8) is 0 Å². The molecule has 33 heavy (non-hydrogen) atoms. The van der Waals surface area contributed by atoms with Crippen LogP contribution in [0.3, 0.4) is 0 Å². The molecule has 0 aromatic heterocycles. The van der Waals surface area contributed by atoms with E-state index < -0.39 is 40.9 Å². The lowest BCUT2D eigenvalue weighted by atomic mass is 9.70. The zero-order chi connectivity index (χ0) is 23.8. The predicted octanol–water partition coefficient (Wildman–Crippen LogP) is 7.92. The van der Waals surface area contributed by atoms with Crippen LogP contribution in [0.1, 0.15) is 81.5 Å². The number of rotatable bonds is 10. The smallest absolute Gasteiger partial charge is 0.347 e. The van der Waals surface area contributed by atoms with Crippen LogP contribution in [0.5, 0.6) is 11.5 Å². The molecular formula is C26H30F4O3. The second-order valence-electron chi connectivity index (χ2n) is 8.75. The Morgan fingerprint density at radius 2 is 1.67 bits per heavy atom. The minimum Gasteiger partial charge on any atom is -0.459 e.